The Balaban J connectivity index is 2.17. The summed E-state index contributed by atoms with van der Waals surface area (Å²) in [5, 5.41) is 0. The van der Waals surface area contributed by atoms with Crippen molar-refractivity contribution in [3.63, 3.8) is 0 Å². The second-order valence-electron chi connectivity index (χ2n) is 6.03. The third kappa shape index (κ3) is 5.42. The van der Waals surface area contributed by atoms with Gasteiger partial charge < -0.3 is 14.1 Å². The predicted octanol–water partition coefficient (Wildman–Crippen LogP) is 3.91. The van der Waals surface area contributed by atoms with E-state index >= 15 is 0 Å². The molecular formula is C18H21BrN2O4. The lowest BCUT2D eigenvalue weighted by atomic mass is 10.1. The van der Waals surface area contributed by atoms with E-state index in [9.17, 15) is 9.59 Å². The van der Waals surface area contributed by atoms with E-state index in [0.29, 0.717) is 23.9 Å². The number of benzene rings is 1. The van der Waals surface area contributed by atoms with Crippen molar-refractivity contribution in [3.8, 4) is 0 Å². The van der Waals surface area contributed by atoms with Gasteiger partial charge in [0.05, 0.1) is 13.7 Å². The topological polar surface area (TPSA) is 72.6 Å². The molecule has 1 aromatic heterocycles. The van der Waals surface area contributed by atoms with Crippen LogP contribution in [0.4, 0.5) is 0 Å². The second-order valence-corrected chi connectivity index (χ2v) is 6.95. The first-order chi connectivity index (χ1) is 11.9. The lowest BCUT2D eigenvalue weighted by Crippen LogP contribution is -2.32. The Morgan fingerprint density at radius 3 is 2.56 bits per heavy atom. The van der Waals surface area contributed by atoms with Crippen LogP contribution in [0.5, 0.6) is 0 Å². The van der Waals surface area contributed by atoms with Crippen molar-refractivity contribution in [2.75, 3.05) is 13.7 Å². The van der Waals surface area contributed by atoms with Gasteiger partial charge in [0.1, 0.15) is 6.26 Å². The van der Waals surface area contributed by atoms with Crippen LogP contribution >= 0.6 is 15.9 Å². The van der Waals surface area contributed by atoms with Crippen LogP contribution in [0.15, 0.2) is 39.4 Å². The molecular weight excluding hydrogens is 388 g/mol. The highest BCUT2D eigenvalue weighted by molar-refractivity contribution is 9.10. The second kappa shape index (κ2) is 8.80. The lowest BCUT2D eigenvalue weighted by molar-refractivity contribution is 0.0594. The van der Waals surface area contributed by atoms with Crippen molar-refractivity contribution in [1.82, 2.24) is 9.88 Å². The van der Waals surface area contributed by atoms with Crippen molar-refractivity contribution in [2.24, 2.45) is 5.92 Å². The summed E-state index contributed by atoms with van der Waals surface area (Å²) in [4.78, 5) is 30.1. The number of methoxy groups -OCH3 is 1. The molecule has 7 heteroatoms. The van der Waals surface area contributed by atoms with Crippen molar-refractivity contribution >= 4 is 27.8 Å². The minimum Gasteiger partial charge on any atom is -0.464 e. The number of carbonyl (C=O) groups excluding carboxylic acids is 2. The van der Waals surface area contributed by atoms with Crippen LogP contribution in [-0.4, -0.2) is 35.4 Å². The van der Waals surface area contributed by atoms with Gasteiger partial charge in [0.15, 0.2) is 5.69 Å². The van der Waals surface area contributed by atoms with Gasteiger partial charge >= 0.3 is 5.97 Å². The molecule has 0 aliphatic carbocycles. The van der Waals surface area contributed by atoms with E-state index in [4.69, 9.17) is 4.42 Å². The van der Waals surface area contributed by atoms with Crippen molar-refractivity contribution < 1.29 is 18.7 Å². The quantitative estimate of drug-likeness (QED) is 0.649. The molecule has 134 valence electrons. The molecule has 1 aromatic carbocycles. The molecule has 25 heavy (non-hydrogen) atoms. The van der Waals surface area contributed by atoms with E-state index in [1.165, 1.54) is 13.4 Å². The van der Waals surface area contributed by atoms with Crippen LogP contribution < -0.4 is 0 Å². The normalized spacial score (nSPS) is 10.8. The fourth-order valence-corrected chi connectivity index (χ4v) is 2.45. The Hall–Kier alpha value is -2.15. The van der Waals surface area contributed by atoms with E-state index in [2.05, 4.69) is 39.5 Å². The first-order valence-electron chi connectivity index (χ1n) is 7.98. The summed E-state index contributed by atoms with van der Waals surface area (Å²) in [6.45, 7) is 4.96. The van der Waals surface area contributed by atoms with Crippen molar-refractivity contribution in [3.05, 3.63) is 52.1 Å². The molecule has 0 spiro atoms. The SMILES string of the molecule is COC(=O)c1coc(CN(CCC(C)C)C(=O)c2ccc(Br)cc2)n1. The molecule has 0 N–H and O–H groups in total. The summed E-state index contributed by atoms with van der Waals surface area (Å²) in [5.41, 5.74) is 0.684. The number of halogens is 1. The smallest absolute Gasteiger partial charge is 0.360 e. The zero-order valence-electron chi connectivity index (χ0n) is 14.5. The summed E-state index contributed by atoms with van der Waals surface area (Å²) in [7, 11) is 1.28. The van der Waals surface area contributed by atoms with Crippen LogP contribution in [0.3, 0.4) is 0 Å². The molecule has 0 saturated heterocycles. The van der Waals surface area contributed by atoms with Crippen molar-refractivity contribution in [2.45, 2.75) is 26.8 Å². The van der Waals surface area contributed by atoms with Crippen LogP contribution in [0, 0.1) is 5.92 Å². The molecule has 0 bridgehead atoms. The van der Waals surface area contributed by atoms with Crippen molar-refractivity contribution in [1.29, 1.82) is 0 Å². The summed E-state index contributed by atoms with van der Waals surface area (Å²) >= 11 is 3.36. The van der Waals surface area contributed by atoms with Gasteiger partial charge in [-0.2, -0.15) is 0 Å². The monoisotopic (exact) mass is 408 g/mol. The first-order valence-corrected chi connectivity index (χ1v) is 8.77. The van der Waals surface area contributed by atoms with Crippen LogP contribution in [0.1, 0.15) is 47.0 Å². The minimum atomic E-state index is -0.567. The van der Waals surface area contributed by atoms with Gasteiger partial charge in [0.25, 0.3) is 5.91 Å². The standard InChI is InChI=1S/C18H21BrN2O4/c1-12(2)8-9-21(17(22)13-4-6-14(19)7-5-13)10-16-20-15(11-25-16)18(23)24-3/h4-7,11-12H,8-10H2,1-3H3. The zero-order chi connectivity index (χ0) is 18.4. The maximum absolute atomic E-state index is 12.8. The number of ether oxygens (including phenoxy) is 1. The third-order valence-electron chi connectivity index (χ3n) is 3.63. The number of oxazole rings is 1. The van der Waals surface area contributed by atoms with Gasteiger partial charge in [0.2, 0.25) is 5.89 Å². The van der Waals surface area contributed by atoms with Gasteiger partial charge in [-0.05, 0) is 36.6 Å². The molecule has 0 aliphatic rings. The molecule has 6 nitrogen and oxygen atoms in total. The number of hydrogen-bond acceptors (Lipinski definition) is 5. The molecule has 0 aliphatic heterocycles. The van der Waals surface area contributed by atoms with E-state index in [-0.39, 0.29) is 18.1 Å². The minimum absolute atomic E-state index is 0.0948. The Morgan fingerprint density at radius 2 is 1.96 bits per heavy atom. The van der Waals surface area contributed by atoms with E-state index in [1.807, 2.05) is 12.1 Å². The fraction of sp³-hybridized carbons (Fsp3) is 0.389. The van der Waals surface area contributed by atoms with Crippen LogP contribution in [-0.2, 0) is 11.3 Å². The molecule has 0 saturated carbocycles. The average molecular weight is 409 g/mol. The maximum Gasteiger partial charge on any atom is 0.360 e. The Bertz CT molecular complexity index is 725. The van der Waals surface area contributed by atoms with Gasteiger partial charge in [-0.25, -0.2) is 9.78 Å². The fourth-order valence-electron chi connectivity index (χ4n) is 2.19. The Kier molecular flexibility index (Phi) is 6.75. The number of hydrogen-bond donors (Lipinski definition) is 0. The summed E-state index contributed by atoms with van der Waals surface area (Å²) in [5.74, 6) is 0.0824. The number of carbonyl (C=O) groups is 2. The van der Waals surface area contributed by atoms with E-state index in [0.717, 1.165) is 10.9 Å². The zero-order valence-corrected chi connectivity index (χ0v) is 16.1. The number of aromatic nitrogens is 1. The molecule has 0 unspecified atom stereocenters. The van der Waals surface area contributed by atoms with Gasteiger partial charge in [0, 0.05) is 16.6 Å². The molecule has 0 radical (unpaired) electrons. The highest BCUT2D eigenvalue weighted by Crippen LogP contribution is 2.16. The molecule has 0 fully saturated rings. The van der Waals surface area contributed by atoms with Crippen LogP contribution in [0.25, 0.3) is 0 Å². The number of amides is 1. The number of nitrogens with zero attached hydrogens (tertiary/aromatic N) is 2. The maximum atomic E-state index is 12.8. The predicted molar refractivity (Wildman–Crippen MR) is 96.2 cm³/mol. The molecule has 1 amide bonds. The summed E-state index contributed by atoms with van der Waals surface area (Å²) < 4.78 is 10.8. The average Bonchev–Trinajstić information content (AvgIpc) is 3.06. The molecule has 2 aromatic rings. The molecule has 0 atom stereocenters. The van der Waals surface area contributed by atoms with E-state index < -0.39 is 5.97 Å². The Labute approximate surface area is 155 Å². The first kappa shape index (κ1) is 19.2. The molecule has 1 heterocycles. The highest BCUT2D eigenvalue weighted by atomic mass is 79.9. The summed E-state index contributed by atoms with van der Waals surface area (Å²) in [6.07, 6.45) is 2.10. The third-order valence-corrected chi connectivity index (χ3v) is 4.16. The van der Waals surface area contributed by atoms with Gasteiger partial charge in [-0.15, -0.1) is 0 Å². The molecule has 2 rings (SSSR count). The number of esters is 1. The van der Waals surface area contributed by atoms with E-state index in [1.54, 1.807) is 17.0 Å². The van der Waals surface area contributed by atoms with Gasteiger partial charge in [-0.3, -0.25) is 4.79 Å². The Morgan fingerprint density at radius 1 is 1.28 bits per heavy atom. The highest BCUT2D eigenvalue weighted by Gasteiger charge is 2.20. The number of rotatable bonds is 7. The lowest BCUT2D eigenvalue weighted by Gasteiger charge is -2.22. The van der Waals surface area contributed by atoms with Crippen LogP contribution in [0.2, 0.25) is 0 Å². The largest absolute Gasteiger partial charge is 0.464 e. The van der Waals surface area contributed by atoms with Gasteiger partial charge in [-0.1, -0.05) is 29.8 Å². The summed E-state index contributed by atoms with van der Waals surface area (Å²) in [6, 6.07) is 7.19.